The van der Waals surface area contributed by atoms with Crippen molar-refractivity contribution in [2.75, 3.05) is 0 Å². The minimum atomic E-state index is -1.08. The lowest BCUT2D eigenvalue weighted by molar-refractivity contribution is -0.144. The molecule has 3 aromatic carbocycles. The number of hydrogen-bond acceptors (Lipinski definition) is 4. The van der Waals surface area contributed by atoms with Gasteiger partial charge < -0.3 is 5.11 Å². The molecule has 1 heterocycles. The van der Waals surface area contributed by atoms with Gasteiger partial charge in [0.2, 0.25) is 0 Å². The van der Waals surface area contributed by atoms with Crippen LogP contribution in [0.25, 0.3) is 21.9 Å². The first-order chi connectivity index (χ1) is 17.3. The largest absolute Gasteiger partial charge is 0.481 e. The Morgan fingerprint density at radius 1 is 0.889 bits per heavy atom. The fourth-order valence-corrected chi connectivity index (χ4v) is 5.37. The second-order valence-corrected chi connectivity index (χ2v) is 9.60. The zero-order valence-electron chi connectivity index (χ0n) is 19.2. The highest BCUT2D eigenvalue weighted by atomic mass is 35.5. The van der Waals surface area contributed by atoms with Crippen LogP contribution >= 0.6 is 11.6 Å². The van der Waals surface area contributed by atoms with Crippen molar-refractivity contribution in [1.82, 2.24) is 9.78 Å². The average molecular weight is 503 g/mol. The number of hydrogen-bond donors (Lipinski definition) is 2. The number of carbonyl (C=O) groups excluding carboxylic acids is 1. The van der Waals surface area contributed by atoms with Crippen LogP contribution < -0.4 is 11.1 Å². The molecule has 3 unspecified atom stereocenters. The third-order valence-electron chi connectivity index (χ3n) is 7.06. The quantitative estimate of drug-likeness (QED) is 0.374. The smallest absolute Gasteiger partial charge is 0.307 e. The van der Waals surface area contributed by atoms with Crippen molar-refractivity contribution < 1.29 is 14.7 Å². The molecule has 8 heteroatoms. The number of Topliss-reactive ketones (excluding diaryl/α,β-unsaturated/α-hetero) is 1. The third-order valence-corrected chi connectivity index (χ3v) is 7.31. The Morgan fingerprint density at radius 2 is 1.50 bits per heavy atom. The summed E-state index contributed by atoms with van der Waals surface area (Å²) in [5.41, 5.74) is 1.52. The zero-order valence-corrected chi connectivity index (χ0v) is 19.9. The molecule has 5 rings (SSSR count). The minimum absolute atomic E-state index is 0.0230. The van der Waals surface area contributed by atoms with Gasteiger partial charge in [-0.05, 0) is 54.2 Å². The molecule has 0 spiro atoms. The topological polar surface area (TPSA) is 109 Å². The van der Waals surface area contributed by atoms with Crippen LogP contribution in [0.15, 0.2) is 82.4 Å². The van der Waals surface area contributed by atoms with Crippen molar-refractivity contribution in [3.8, 4) is 11.1 Å². The van der Waals surface area contributed by atoms with E-state index in [4.69, 9.17) is 11.6 Å². The van der Waals surface area contributed by atoms with Crippen LogP contribution in [0.4, 0.5) is 0 Å². The Balaban J connectivity index is 1.39. The molecule has 0 bridgehead atoms. The fraction of sp³-hybridized carbons (Fsp3) is 0.214. The highest BCUT2D eigenvalue weighted by Crippen LogP contribution is 2.40. The number of fused-ring (bicyclic) bond motifs is 1. The van der Waals surface area contributed by atoms with E-state index in [2.05, 4.69) is 5.10 Å². The Hall–Kier alpha value is -3.97. The molecule has 182 valence electrons. The van der Waals surface area contributed by atoms with E-state index >= 15 is 0 Å². The van der Waals surface area contributed by atoms with Gasteiger partial charge in [0.05, 0.1) is 16.7 Å². The molecular weight excluding hydrogens is 480 g/mol. The average Bonchev–Trinajstić information content (AvgIpc) is 3.31. The summed E-state index contributed by atoms with van der Waals surface area (Å²) >= 11 is 5.95. The second kappa shape index (κ2) is 9.59. The highest BCUT2D eigenvalue weighted by Gasteiger charge is 2.45. The molecule has 0 amide bonds. The molecule has 1 aromatic heterocycles. The van der Waals surface area contributed by atoms with Crippen molar-refractivity contribution >= 4 is 34.1 Å². The lowest BCUT2D eigenvalue weighted by atomic mass is 9.84. The number of carbonyl (C=O) groups is 2. The van der Waals surface area contributed by atoms with Gasteiger partial charge in [0, 0.05) is 23.0 Å². The Labute approximate surface area is 211 Å². The fourth-order valence-electron chi connectivity index (χ4n) is 5.25. The van der Waals surface area contributed by atoms with E-state index in [9.17, 15) is 24.3 Å². The molecule has 0 aliphatic heterocycles. The van der Waals surface area contributed by atoms with Gasteiger partial charge in [0.25, 0.3) is 11.1 Å². The molecule has 36 heavy (non-hydrogen) atoms. The van der Waals surface area contributed by atoms with Crippen LogP contribution in [0.2, 0.25) is 5.02 Å². The Bertz CT molecular complexity index is 1570. The number of aromatic amines is 1. The monoisotopic (exact) mass is 502 g/mol. The second-order valence-electron chi connectivity index (χ2n) is 9.16. The molecule has 3 atom stereocenters. The summed E-state index contributed by atoms with van der Waals surface area (Å²) in [5, 5.41) is 13.8. The summed E-state index contributed by atoms with van der Waals surface area (Å²) < 4.78 is 1.18. The van der Waals surface area contributed by atoms with Crippen LogP contribution in [0.3, 0.4) is 0 Å². The van der Waals surface area contributed by atoms with Gasteiger partial charge in [-0.15, -0.1) is 0 Å². The van der Waals surface area contributed by atoms with Gasteiger partial charge in [-0.1, -0.05) is 60.1 Å². The minimum Gasteiger partial charge on any atom is -0.481 e. The van der Waals surface area contributed by atoms with Crippen LogP contribution in [0.1, 0.15) is 23.2 Å². The predicted octanol–water partition coefficient (Wildman–Crippen LogP) is 4.62. The van der Waals surface area contributed by atoms with Gasteiger partial charge in [0.15, 0.2) is 5.78 Å². The summed E-state index contributed by atoms with van der Waals surface area (Å²) in [4.78, 5) is 51.0. The van der Waals surface area contributed by atoms with Crippen molar-refractivity contribution in [2.45, 2.75) is 19.4 Å². The number of nitrogens with zero attached hydrogens (tertiary/aromatic N) is 1. The first-order valence-electron chi connectivity index (χ1n) is 11.7. The van der Waals surface area contributed by atoms with E-state index in [1.165, 1.54) is 4.68 Å². The number of benzene rings is 3. The Morgan fingerprint density at radius 3 is 2.14 bits per heavy atom. The summed E-state index contributed by atoms with van der Waals surface area (Å²) in [6.07, 6.45) is 0.851. The number of nitrogens with one attached hydrogen (secondary N) is 1. The van der Waals surface area contributed by atoms with Crippen LogP contribution in [0.5, 0.6) is 0 Å². The van der Waals surface area contributed by atoms with Gasteiger partial charge in [-0.3, -0.25) is 24.3 Å². The first kappa shape index (κ1) is 23.8. The van der Waals surface area contributed by atoms with Crippen LogP contribution in [0, 0.1) is 17.8 Å². The number of rotatable bonds is 6. The Kier molecular flexibility index (Phi) is 6.33. The van der Waals surface area contributed by atoms with Crippen molar-refractivity contribution in [3.63, 3.8) is 0 Å². The van der Waals surface area contributed by atoms with Gasteiger partial charge in [-0.25, -0.2) is 4.68 Å². The molecule has 1 fully saturated rings. The summed E-state index contributed by atoms with van der Waals surface area (Å²) in [5.74, 6) is -3.46. The number of aromatic nitrogens is 2. The lowest BCUT2D eigenvalue weighted by Crippen LogP contribution is -2.36. The predicted molar refractivity (Wildman–Crippen MR) is 137 cm³/mol. The molecule has 1 aliphatic rings. The van der Waals surface area contributed by atoms with Crippen molar-refractivity contribution in [3.05, 3.63) is 104 Å². The molecule has 0 radical (unpaired) electrons. The first-order valence-corrected chi connectivity index (χ1v) is 12.1. The maximum atomic E-state index is 13.3. The maximum Gasteiger partial charge on any atom is 0.307 e. The molecule has 0 saturated heterocycles. The molecule has 7 nitrogen and oxygen atoms in total. The third kappa shape index (κ3) is 4.38. The number of ketones is 1. The standard InChI is InChI=1S/C28H23ClN2O5/c29-20-12-9-17(10-13-20)16-5-7-18(8-6-16)25(32)23-14-11-19(24(23)28(35)36)15-31-27(34)22-4-2-1-3-21(22)26(33)30-31/h1-10,12-13,19,23-24H,11,14-15H2,(H,30,33)(H,35,36). The highest BCUT2D eigenvalue weighted by molar-refractivity contribution is 6.30. The normalized spacial score (nSPS) is 19.4. The number of carboxylic acid groups (broad SMARTS) is 1. The van der Waals surface area contributed by atoms with Gasteiger partial charge >= 0.3 is 5.97 Å². The van der Waals surface area contributed by atoms with Gasteiger partial charge in [0.1, 0.15) is 0 Å². The molecule has 2 N–H and O–H groups in total. The van der Waals surface area contributed by atoms with E-state index in [1.54, 1.807) is 48.5 Å². The summed E-state index contributed by atoms with van der Waals surface area (Å²) in [6.45, 7) is 0.0230. The summed E-state index contributed by atoms with van der Waals surface area (Å²) in [7, 11) is 0. The van der Waals surface area contributed by atoms with E-state index < -0.39 is 29.3 Å². The van der Waals surface area contributed by atoms with E-state index in [0.29, 0.717) is 23.4 Å². The number of carboxylic acids is 1. The molecular formula is C28H23ClN2O5. The van der Waals surface area contributed by atoms with E-state index in [0.717, 1.165) is 11.1 Å². The molecule has 1 saturated carbocycles. The van der Waals surface area contributed by atoms with E-state index in [1.807, 2.05) is 24.3 Å². The zero-order chi connectivity index (χ0) is 25.4. The maximum absolute atomic E-state index is 13.3. The number of halogens is 1. The van der Waals surface area contributed by atoms with E-state index in [-0.39, 0.29) is 28.7 Å². The molecule has 4 aromatic rings. The summed E-state index contributed by atoms with van der Waals surface area (Å²) in [6, 6.07) is 21.0. The SMILES string of the molecule is O=C(c1ccc(-c2ccc(Cl)cc2)cc1)C1CCC(Cn2[nH]c(=O)c3ccccc3c2=O)C1C(=O)O. The van der Waals surface area contributed by atoms with Crippen LogP contribution in [-0.4, -0.2) is 26.6 Å². The number of aliphatic carboxylic acids is 1. The van der Waals surface area contributed by atoms with Crippen molar-refractivity contribution in [2.24, 2.45) is 17.8 Å². The van der Waals surface area contributed by atoms with Gasteiger partial charge in [-0.2, -0.15) is 0 Å². The van der Waals surface area contributed by atoms with Crippen molar-refractivity contribution in [1.29, 1.82) is 0 Å². The molecule has 1 aliphatic carbocycles. The number of H-pyrrole nitrogens is 1. The van der Waals surface area contributed by atoms with Crippen LogP contribution in [-0.2, 0) is 11.3 Å². The lowest BCUT2D eigenvalue weighted by Gasteiger charge is -2.21.